The molecule has 3 nitrogen and oxygen atoms in total. The van der Waals surface area contributed by atoms with Crippen molar-refractivity contribution in [1.82, 2.24) is 4.98 Å². The van der Waals surface area contributed by atoms with E-state index in [1.54, 1.807) is 18.2 Å². The summed E-state index contributed by atoms with van der Waals surface area (Å²) in [6.07, 6.45) is 0. The summed E-state index contributed by atoms with van der Waals surface area (Å²) < 4.78 is 18.8. The number of anilines is 1. The van der Waals surface area contributed by atoms with E-state index >= 15 is 0 Å². The van der Waals surface area contributed by atoms with Gasteiger partial charge >= 0.3 is 0 Å². The number of ether oxygens (including phenoxy) is 1. The standard InChI is InChI=1S/C15H13FN2O/c16-13-3-1-2-4-15(13)19-9-12-8-10-7-11(17)5-6-14(10)18-12/h1-8,18H,9,17H2. The summed E-state index contributed by atoms with van der Waals surface area (Å²) >= 11 is 0. The molecule has 3 N–H and O–H groups in total. The van der Waals surface area contributed by atoms with Gasteiger partial charge in [-0.2, -0.15) is 0 Å². The second kappa shape index (κ2) is 4.65. The van der Waals surface area contributed by atoms with E-state index < -0.39 is 0 Å². The summed E-state index contributed by atoms with van der Waals surface area (Å²) in [7, 11) is 0. The molecule has 4 heteroatoms. The first-order chi connectivity index (χ1) is 9.22. The number of aromatic amines is 1. The lowest BCUT2D eigenvalue weighted by atomic mass is 10.2. The van der Waals surface area contributed by atoms with Crippen LogP contribution in [0.3, 0.4) is 0 Å². The molecule has 0 spiro atoms. The second-order valence-corrected chi connectivity index (χ2v) is 4.36. The monoisotopic (exact) mass is 256 g/mol. The van der Waals surface area contributed by atoms with E-state index in [1.165, 1.54) is 6.07 Å². The van der Waals surface area contributed by atoms with Crippen LogP contribution in [0.1, 0.15) is 5.69 Å². The smallest absolute Gasteiger partial charge is 0.165 e. The largest absolute Gasteiger partial charge is 0.484 e. The van der Waals surface area contributed by atoms with Crippen LogP contribution in [0.4, 0.5) is 10.1 Å². The van der Waals surface area contributed by atoms with E-state index in [-0.39, 0.29) is 18.2 Å². The normalized spacial score (nSPS) is 10.8. The molecule has 3 aromatic rings. The molecule has 0 bridgehead atoms. The Kier molecular flexibility index (Phi) is 2.83. The van der Waals surface area contributed by atoms with E-state index in [2.05, 4.69) is 4.98 Å². The van der Waals surface area contributed by atoms with Crippen LogP contribution in [0.25, 0.3) is 10.9 Å². The average Bonchev–Trinajstić information content (AvgIpc) is 2.79. The Bertz CT molecular complexity index is 721. The lowest BCUT2D eigenvalue weighted by molar-refractivity contribution is 0.287. The highest BCUT2D eigenvalue weighted by Crippen LogP contribution is 2.21. The fourth-order valence-corrected chi connectivity index (χ4v) is 2.01. The van der Waals surface area contributed by atoms with E-state index in [0.717, 1.165) is 16.6 Å². The van der Waals surface area contributed by atoms with Crippen molar-refractivity contribution >= 4 is 16.6 Å². The van der Waals surface area contributed by atoms with Gasteiger partial charge in [0, 0.05) is 16.6 Å². The van der Waals surface area contributed by atoms with Gasteiger partial charge in [-0.3, -0.25) is 0 Å². The third-order valence-electron chi connectivity index (χ3n) is 2.92. The predicted octanol–water partition coefficient (Wildman–Crippen LogP) is 3.47. The molecule has 0 radical (unpaired) electrons. The Morgan fingerprint density at radius 1 is 1.11 bits per heavy atom. The maximum absolute atomic E-state index is 13.4. The van der Waals surface area contributed by atoms with Crippen LogP contribution in [0.2, 0.25) is 0 Å². The molecule has 0 unspecified atom stereocenters. The van der Waals surface area contributed by atoms with E-state index in [4.69, 9.17) is 10.5 Å². The van der Waals surface area contributed by atoms with Gasteiger partial charge in [-0.1, -0.05) is 12.1 Å². The number of benzene rings is 2. The first kappa shape index (κ1) is 11.6. The molecular formula is C15H13FN2O. The number of aromatic nitrogens is 1. The van der Waals surface area contributed by atoms with Gasteiger partial charge in [-0.05, 0) is 36.4 Å². The van der Waals surface area contributed by atoms with Gasteiger partial charge < -0.3 is 15.5 Å². The molecule has 0 aliphatic rings. The van der Waals surface area contributed by atoms with Crippen molar-refractivity contribution in [2.45, 2.75) is 6.61 Å². The number of H-pyrrole nitrogens is 1. The molecule has 96 valence electrons. The summed E-state index contributed by atoms with van der Waals surface area (Å²) in [5.74, 6) is -0.108. The molecule has 3 rings (SSSR count). The molecule has 0 atom stereocenters. The Morgan fingerprint density at radius 3 is 2.79 bits per heavy atom. The first-order valence-electron chi connectivity index (χ1n) is 5.97. The number of halogens is 1. The van der Waals surface area contributed by atoms with Gasteiger partial charge in [0.05, 0.1) is 5.69 Å². The van der Waals surface area contributed by atoms with Crippen molar-refractivity contribution in [3.05, 3.63) is 60.0 Å². The van der Waals surface area contributed by atoms with E-state index in [9.17, 15) is 4.39 Å². The Balaban J connectivity index is 1.80. The molecule has 0 saturated heterocycles. The third kappa shape index (κ3) is 2.38. The Hall–Kier alpha value is -2.49. The molecule has 0 saturated carbocycles. The van der Waals surface area contributed by atoms with Crippen molar-refractivity contribution in [3.8, 4) is 5.75 Å². The van der Waals surface area contributed by atoms with Crippen molar-refractivity contribution in [1.29, 1.82) is 0 Å². The van der Waals surface area contributed by atoms with Crippen molar-refractivity contribution < 1.29 is 9.13 Å². The summed E-state index contributed by atoms with van der Waals surface area (Å²) in [6.45, 7) is 0.287. The number of nitrogens with two attached hydrogens (primary N) is 1. The minimum atomic E-state index is -0.358. The molecule has 2 aromatic carbocycles. The number of para-hydroxylation sites is 1. The van der Waals surface area contributed by atoms with Gasteiger partial charge in [0.15, 0.2) is 11.6 Å². The molecule has 1 aromatic heterocycles. The zero-order chi connectivity index (χ0) is 13.2. The lowest BCUT2D eigenvalue weighted by Gasteiger charge is -2.05. The topological polar surface area (TPSA) is 51.0 Å². The zero-order valence-corrected chi connectivity index (χ0v) is 10.2. The van der Waals surface area contributed by atoms with Gasteiger partial charge in [-0.25, -0.2) is 4.39 Å². The number of nitrogens with one attached hydrogen (secondary N) is 1. The fraction of sp³-hybridized carbons (Fsp3) is 0.0667. The minimum absolute atomic E-state index is 0.251. The summed E-state index contributed by atoms with van der Waals surface area (Å²) in [5.41, 5.74) is 8.31. The van der Waals surface area contributed by atoms with Crippen LogP contribution in [0.5, 0.6) is 5.75 Å². The van der Waals surface area contributed by atoms with E-state index in [0.29, 0.717) is 5.69 Å². The van der Waals surface area contributed by atoms with Gasteiger partial charge in [-0.15, -0.1) is 0 Å². The molecule has 0 aliphatic carbocycles. The van der Waals surface area contributed by atoms with E-state index in [1.807, 2.05) is 24.3 Å². The van der Waals surface area contributed by atoms with Gasteiger partial charge in [0.2, 0.25) is 0 Å². The van der Waals surface area contributed by atoms with Crippen molar-refractivity contribution in [2.75, 3.05) is 5.73 Å². The summed E-state index contributed by atoms with van der Waals surface area (Å²) in [6, 6.07) is 13.9. The lowest BCUT2D eigenvalue weighted by Crippen LogP contribution is -1.97. The SMILES string of the molecule is Nc1ccc2[nH]c(COc3ccccc3F)cc2c1. The molecule has 19 heavy (non-hydrogen) atoms. The van der Waals surface area contributed by atoms with Gasteiger partial charge in [0.25, 0.3) is 0 Å². The molecule has 1 heterocycles. The quantitative estimate of drug-likeness (QED) is 0.705. The Labute approximate surface area is 109 Å². The highest BCUT2D eigenvalue weighted by atomic mass is 19.1. The van der Waals surface area contributed by atoms with Crippen LogP contribution >= 0.6 is 0 Å². The maximum atomic E-state index is 13.4. The van der Waals surface area contributed by atoms with Gasteiger partial charge in [0.1, 0.15) is 6.61 Å². The number of nitrogen functional groups attached to an aromatic ring is 1. The molecule has 0 amide bonds. The van der Waals surface area contributed by atoms with Crippen LogP contribution < -0.4 is 10.5 Å². The zero-order valence-electron chi connectivity index (χ0n) is 10.2. The number of rotatable bonds is 3. The summed E-state index contributed by atoms with van der Waals surface area (Å²) in [5, 5.41) is 1.02. The van der Waals surface area contributed by atoms with Crippen LogP contribution in [0.15, 0.2) is 48.5 Å². The molecular weight excluding hydrogens is 243 g/mol. The van der Waals surface area contributed by atoms with Crippen LogP contribution in [0, 0.1) is 5.82 Å². The van der Waals surface area contributed by atoms with Crippen LogP contribution in [-0.2, 0) is 6.61 Å². The van der Waals surface area contributed by atoms with Crippen molar-refractivity contribution in [3.63, 3.8) is 0 Å². The number of hydrogen-bond acceptors (Lipinski definition) is 2. The minimum Gasteiger partial charge on any atom is -0.484 e. The molecule has 0 fully saturated rings. The predicted molar refractivity (Wildman–Crippen MR) is 73.4 cm³/mol. The third-order valence-corrected chi connectivity index (χ3v) is 2.92. The average molecular weight is 256 g/mol. The molecule has 0 aliphatic heterocycles. The van der Waals surface area contributed by atoms with Crippen LogP contribution in [-0.4, -0.2) is 4.98 Å². The Morgan fingerprint density at radius 2 is 1.95 bits per heavy atom. The first-order valence-corrected chi connectivity index (χ1v) is 5.97. The maximum Gasteiger partial charge on any atom is 0.165 e. The summed E-state index contributed by atoms with van der Waals surface area (Å²) in [4.78, 5) is 3.21. The highest BCUT2D eigenvalue weighted by molar-refractivity contribution is 5.83. The number of fused-ring (bicyclic) bond motifs is 1. The number of hydrogen-bond donors (Lipinski definition) is 2. The second-order valence-electron chi connectivity index (χ2n) is 4.36. The van der Waals surface area contributed by atoms with Crippen molar-refractivity contribution in [2.24, 2.45) is 0 Å². The highest BCUT2D eigenvalue weighted by Gasteiger charge is 2.04. The fourth-order valence-electron chi connectivity index (χ4n) is 2.01.